The first kappa shape index (κ1) is 28.4. The maximum Gasteiger partial charge on any atom is 0.197 e. The van der Waals surface area contributed by atoms with Crippen LogP contribution in [0.2, 0.25) is 0 Å². The molecular weight excluding hydrogens is 574 g/mol. The lowest BCUT2D eigenvalue weighted by atomic mass is 10.00. The maximum absolute atomic E-state index is 12.9. The molecule has 7 aromatic rings. The molecule has 0 fully saturated rings. The Labute approximate surface area is 273 Å². The molecule has 3 heteroatoms. The fraction of sp³-hybridized carbons (Fsp3) is 0.0455. The minimum absolute atomic E-state index is 0.205. The van der Waals surface area contributed by atoms with Gasteiger partial charge in [0, 0.05) is 28.2 Å². The Balaban J connectivity index is 1.17. The molecule has 1 aliphatic carbocycles. The van der Waals surface area contributed by atoms with Gasteiger partial charge in [-0.1, -0.05) is 103 Å². The molecular formula is C44H31NO2. The Bertz CT molecular complexity index is 2400. The molecule has 0 heterocycles. The highest BCUT2D eigenvalue weighted by Crippen LogP contribution is 2.39. The summed E-state index contributed by atoms with van der Waals surface area (Å²) in [7, 11) is 0. The summed E-state index contributed by atoms with van der Waals surface area (Å²) in [4.78, 5) is 28.2. The van der Waals surface area contributed by atoms with Gasteiger partial charge in [0.05, 0.1) is 5.57 Å². The number of ketones is 2. The molecule has 0 spiro atoms. The molecule has 8 rings (SSSR count). The molecule has 47 heavy (non-hydrogen) atoms. The number of nitrogens with zero attached hydrogens (tertiary/aromatic N) is 1. The standard InChI is InChI=1S/C44H31NO2/c1-28-14-21-40-42(22-28)44(47)41(43(40)46)13-7-12-32-24-35-17-20-39(27-36(35)23-29(32)2)45(37-18-15-30-8-3-5-10-33(30)25-37)38-19-16-31-9-4-6-11-34(31)26-38/h3-27H,1-2H3. The summed E-state index contributed by atoms with van der Waals surface area (Å²) in [6.07, 6.45) is 5.44. The van der Waals surface area contributed by atoms with E-state index in [2.05, 4.69) is 127 Å². The number of allylic oxidation sites excluding steroid dienone is 3. The van der Waals surface area contributed by atoms with Crippen molar-refractivity contribution >= 4 is 67.0 Å². The molecule has 0 aliphatic heterocycles. The molecule has 0 aromatic heterocycles. The second-order valence-electron chi connectivity index (χ2n) is 12.3. The Hall–Kier alpha value is -6.06. The quantitative estimate of drug-likeness (QED) is 0.145. The van der Waals surface area contributed by atoms with Crippen LogP contribution < -0.4 is 4.90 Å². The third-order valence-electron chi connectivity index (χ3n) is 9.14. The second-order valence-corrected chi connectivity index (χ2v) is 12.3. The van der Waals surface area contributed by atoms with Crippen molar-refractivity contribution in [3.8, 4) is 0 Å². The van der Waals surface area contributed by atoms with Crippen molar-refractivity contribution in [1.82, 2.24) is 0 Å². The summed E-state index contributed by atoms with van der Waals surface area (Å²) in [6.45, 7) is 4.02. The van der Waals surface area contributed by atoms with Crippen LogP contribution in [0.4, 0.5) is 17.1 Å². The lowest BCUT2D eigenvalue weighted by Crippen LogP contribution is -2.10. The normalized spacial score (nSPS) is 13.8. The Morgan fingerprint density at radius 1 is 0.489 bits per heavy atom. The number of fused-ring (bicyclic) bond motifs is 4. The molecule has 0 amide bonds. The van der Waals surface area contributed by atoms with Crippen LogP contribution in [0.1, 0.15) is 37.4 Å². The fourth-order valence-electron chi connectivity index (χ4n) is 6.65. The lowest BCUT2D eigenvalue weighted by molar-refractivity contribution is 0.0988. The first-order valence-corrected chi connectivity index (χ1v) is 15.8. The first-order valence-electron chi connectivity index (χ1n) is 15.8. The van der Waals surface area contributed by atoms with E-state index in [9.17, 15) is 9.59 Å². The summed E-state index contributed by atoms with van der Waals surface area (Å²) < 4.78 is 0. The molecule has 0 saturated heterocycles. The van der Waals surface area contributed by atoms with Gasteiger partial charge in [-0.3, -0.25) is 9.59 Å². The minimum atomic E-state index is -0.209. The number of hydrogen-bond donors (Lipinski definition) is 0. The van der Waals surface area contributed by atoms with Crippen LogP contribution >= 0.6 is 0 Å². The van der Waals surface area contributed by atoms with Gasteiger partial charge >= 0.3 is 0 Å². The molecule has 0 unspecified atom stereocenters. The van der Waals surface area contributed by atoms with Crippen LogP contribution in [-0.2, 0) is 0 Å². The van der Waals surface area contributed by atoms with Crippen molar-refractivity contribution in [1.29, 1.82) is 0 Å². The topological polar surface area (TPSA) is 37.4 Å². The average Bonchev–Trinajstić information content (AvgIpc) is 3.32. The lowest BCUT2D eigenvalue weighted by Gasteiger charge is -2.26. The van der Waals surface area contributed by atoms with Gasteiger partial charge in [0.2, 0.25) is 0 Å². The van der Waals surface area contributed by atoms with Crippen molar-refractivity contribution < 1.29 is 9.59 Å². The van der Waals surface area contributed by atoms with Crippen molar-refractivity contribution in [2.45, 2.75) is 13.8 Å². The van der Waals surface area contributed by atoms with Crippen molar-refractivity contribution in [2.24, 2.45) is 0 Å². The van der Waals surface area contributed by atoms with Crippen LogP contribution in [-0.4, -0.2) is 11.6 Å². The van der Waals surface area contributed by atoms with Gasteiger partial charge in [-0.2, -0.15) is 0 Å². The van der Waals surface area contributed by atoms with Gasteiger partial charge in [-0.05, 0) is 112 Å². The number of anilines is 3. The van der Waals surface area contributed by atoms with Gasteiger partial charge in [0.15, 0.2) is 11.6 Å². The molecule has 0 bridgehead atoms. The van der Waals surface area contributed by atoms with E-state index < -0.39 is 0 Å². The van der Waals surface area contributed by atoms with E-state index >= 15 is 0 Å². The van der Waals surface area contributed by atoms with Crippen LogP contribution in [0, 0.1) is 13.8 Å². The van der Waals surface area contributed by atoms with E-state index in [0.29, 0.717) is 11.1 Å². The molecule has 1 aliphatic rings. The smallest absolute Gasteiger partial charge is 0.197 e. The van der Waals surface area contributed by atoms with Crippen LogP contribution in [0.3, 0.4) is 0 Å². The van der Waals surface area contributed by atoms with Crippen molar-refractivity contribution in [3.63, 3.8) is 0 Å². The van der Waals surface area contributed by atoms with Crippen molar-refractivity contribution in [3.05, 3.63) is 179 Å². The SMILES string of the molecule is Cc1ccc2c(c1)C(=O)C(=CC=Cc1cc3ccc(N(c4ccc5ccccc5c4)c4ccc5ccccc5c4)cc3cc1C)C2=O. The predicted octanol–water partition coefficient (Wildman–Crippen LogP) is 11.3. The van der Waals surface area contributed by atoms with Crippen LogP contribution in [0.5, 0.6) is 0 Å². The van der Waals surface area contributed by atoms with Gasteiger partial charge < -0.3 is 4.90 Å². The molecule has 0 N–H and O–H groups in total. The van der Waals surface area contributed by atoms with E-state index in [0.717, 1.165) is 44.5 Å². The first-order chi connectivity index (χ1) is 22.9. The summed E-state index contributed by atoms with van der Waals surface area (Å²) in [5, 5.41) is 7.05. The van der Waals surface area contributed by atoms with Crippen LogP contribution in [0.15, 0.2) is 151 Å². The number of carbonyl (C=O) groups is 2. The molecule has 224 valence electrons. The van der Waals surface area contributed by atoms with Crippen molar-refractivity contribution in [2.75, 3.05) is 4.90 Å². The minimum Gasteiger partial charge on any atom is -0.310 e. The monoisotopic (exact) mass is 605 g/mol. The number of hydrogen-bond acceptors (Lipinski definition) is 3. The number of carbonyl (C=O) groups excluding carboxylic acids is 2. The average molecular weight is 606 g/mol. The zero-order chi connectivity index (χ0) is 32.1. The third kappa shape index (κ3) is 5.12. The predicted molar refractivity (Wildman–Crippen MR) is 195 cm³/mol. The van der Waals surface area contributed by atoms with Crippen LogP contribution in [0.25, 0.3) is 38.4 Å². The van der Waals surface area contributed by atoms with E-state index in [1.807, 2.05) is 25.1 Å². The van der Waals surface area contributed by atoms with Gasteiger partial charge in [0.25, 0.3) is 0 Å². The molecule has 7 aromatic carbocycles. The molecule has 0 radical (unpaired) electrons. The molecule has 0 atom stereocenters. The highest BCUT2D eigenvalue weighted by Gasteiger charge is 2.32. The largest absolute Gasteiger partial charge is 0.310 e. The number of benzene rings is 7. The summed E-state index contributed by atoms with van der Waals surface area (Å²) in [5.74, 6) is -0.414. The second kappa shape index (κ2) is 11.4. The summed E-state index contributed by atoms with van der Waals surface area (Å²) in [5.41, 5.74) is 7.56. The maximum atomic E-state index is 12.9. The van der Waals surface area contributed by atoms with Gasteiger partial charge in [0.1, 0.15) is 0 Å². The fourth-order valence-corrected chi connectivity index (χ4v) is 6.65. The highest BCUT2D eigenvalue weighted by atomic mass is 16.2. The summed E-state index contributed by atoms with van der Waals surface area (Å²) in [6, 6.07) is 46.5. The van der Waals surface area contributed by atoms with Gasteiger partial charge in [-0.15, -0.1) is 0 Å². The van der Waals surface area contributed by atoms with Gasteiger partial charge in [-0.25, -0.2) is 0 Å². The zero-order valence-electron chi connectivity index (χ0n) is 26.2. The van der Waals surface area contributed by atoms with E-state index in [4.69, 9.17) is 0 Å². The third-order valence-corrected chi connectivity index (χ3v) is 9.14. The Kier molecular flexibility index (Phi) is 6.88. The Morgan fingerprint density at radius 3 is 1.66 bits per heavy atom. The molecule has 0 saturated carbocycles. The Morgan fingerprint density at radius 2 is 1.02 bits per heavy atom. The number of rotatable bonds is 5. The van der Waals surface area contributed by atoms with E-state index in [1.54, 1.807) is 18.2 Å². The summed E-state index contributed by atoms with van der Waals surface area (Å²) >= 11 is 0. The van der Waals surface area contributed by atoms with E-state index in [-0.39, 0.29) is 17.1 Å². The number of Topliss-reactive ketones (excluding diaryl/α,β-unsaturated/α-hetero) is 2. The molecule has 3 nitrogen and oxygen atoms in total. The zero-order valence-corrected chi connectivity index (χ0v) is 26.2. The number of aryl methyl sites for hydroxylation is 2. The van der Waals surface area contributed by atoms with E-state index in [1.165, 1.54) is 21.5 Å². The highest BCUT2D eigenvalue weighted by molar-refractivity contribution is 6.39.